The topological polar surface area (TPSA) is 47.6 Å². The maximum absolute atomic E-state index is 9.60. The van der Waals surface area contributed by atoms with Gasteiger partial charge in [0.15, 0.2) is 0 Å². The first-order chi connectivity index (χ1) is 23.7. The molecule has 0 unspecified atom stereocenters. The van der Waals surface area contributed by atoms with Gasteiger partial charge in [0.25, 0.3) is 0 Å². The van der Waals surface area contributed by atoms with Crippen LogP contribution in [-0.2, 0) is 0 Å². The van der Waals surface area contributed by atoms with E-state index in [0.717, 1.165) is 22.3 Å². The summed E-state index contributed by atoms with van der Waals surface area (Å²) in [7, 11) is 0. The highest BCUT2D eigenvalue weighted by molar-refractivity contribution is 6.28. The van der Waals surface area contributed by atoms with Crippen molar-refractivity contribution in [1.82, 2.24) is 0 Å². The van der Waals surface area contributed by atoms with E-state index in [1.807, 2.05) is 18.2 Å². The van der Waals surface area contributed by atoms with Crippen molar-refractivity contribution in [3.63, 3.8) is 0 Å². The van der Waals surface area contributed by atoms with Crippen molar-refractivity contribution in [2.45, 2.75) is 0 Å². The zero-order valence-corrected chi connectivity index (χ0v) is 25.9. The summed E-state index contributed by atoms with van der Waals surface area (Å²) in [5.74, 6) is 0. The molecule has 0 aromatic heterocycles. The number of fused-ring (bicyclic) bond motifs is 4. The SMILES string of the molecule is N#Cc1cc(C#N)cc(-c2cccc(-c3ccc4c5c(cccc35)-c3c-4c(-c4ccccc4)c4ccccc4c3-c3ccccc3)c2)c1. The van der Waals surface area contributed by atoms with Crippen LogP contribution in [0.1, 0.15) is 11.1 Å². The average molecular weight is 607 g/mol. The van der Waals surface area contributed by atoms with Gasteiger partial charge in [-0.25, -0.2) is 0 Å². The Morgan fingerprint density at radius 3 is 1.40 bits per heavy atom. The third kappa shape index (κ3) is 4.18. The smallest absolute Gasteiger partial charge is 0.0992 e. The number of rotatable bonds is 4. The lowest BCUT2D eigenvalue weighted by molar-refractivity contribution is 1.44. The van der Waals surface area contributed by atoms with Crippen LogP contribution >= 0.6 is 0 Å². The Morgan fingerprint density at radius 1 is 0.312 bits per heavy atom. The van der Waals surface area contributed by atoms with Crippen molar-refractivity contribution in [2.24, 2.45) is 0 Å². The second-order valence-electron chi connectivity index (χ2n) is 12.3. The van der Waals surface area contributed by atoms with E-state index in [1.165, 1.54) is 66.1 Å². The molecule has 0 saturated carbocycles. The predicted octanol–water partition coefficient (Wildman–Crippen LogP) is 12.1. The van der Waals surface area contributed by atoms with Gasteiger partial charge in [0, 0.05) is 0 Å². The Hall–Kier alpha value is -6.74. The van der Waals surface area contributed by atoms with Crippen LogP contribution in [-0.4, -0.2) is 0 Å². The molecule has 0 heterocycles. The fourth-order valence-electron chi connectivity index (χ4n) is 7.65. The molecular weight excluding hydrogens is 581 g/mol. The second kappa shape index (κ2) is 11.0. The standard InChI is InChI=1S/C46H26N2/c47-27-29-23-30(28-48)25-35(24-29)33-15-9-16-34(26-33)36-21-22-41-44-37(36)19-10-20-40(44)45-42(31-11-3-1-4-12-31)38-17-7-8-18-39(38)43(46(41)45)32-13-5-2-6-14-32/h1-26H. The minimum Gasteiger partial charge on any atom is -0.192 e. The quantitative estimate of drug-likeness (QED) is 0.200. The summed E-state index contributed by atoms with van der Waals surface area (Å²) in [5, 5.41) is 24.2. The van der Waals surface area contributed by atoms with E-state index in [9.17, 15) is 10.5 Å². The second-order valence-corrected chi connectivity index (χ2v) is 12.3. The molecule has 0 amide bonds. The molecule has 220 valence electrons. The van der Waals surface area contributed by atoms with Gasteiger partial charge >= 0.3 is 0 Å². The third-order valence-corrected chi connectivity index (χ3v) is 9.62. The van der Waals surface area contributed by atoms with Crippen molar-refractivity contribution >= 4 is 21.5 Å². The van der Waals surface area contributed by atoms with E-state index in [4.69, 9.17) is 0 Å². The highest BCUT2D eigenvalue weighted by Crippen LogP contribution is 2.58. The molecule has 48 heavy (non-hydrogen) atoms. The minimum atomic E-state index is 0.480. The van der Waals surface area contributed by atoms with Crippen LogP contribution in [0.3, 0.4) is 0 Å². The maximum Gasteiger partial charge on any atom is 0.0992 e. The van der Waals surface area contributed by atoms with Crippen LogP contribution in [0.25, 0.3) is 88.3 Å². The van der Waals surface area contributed by atoms with Crippen molar-refractivity contribution in [2.75, 3.05) is 0 Å². The highest BCUT2D eigenvalue weighted by atomic mass is 14.3. The summed E-state index contributed by atoms with van der Waals surface area (Å²) in [5.41, 5.74) is 15.0. The van der Waals surface area contributed by atoms with Crippen molar-refractivity contribution < 1.29 is 0 Å². The van der Waals surface area contributed by atoms with Gasteiger partial charge in [-0.3, -0.25) is 0 Å². The largest absolute Gasteiger partial charge is 0.192 e. The van der Waals surface area contributed by atoms with Gasteiger partial charge in [0.2, 0.25) is 0 Å². The zero-order chi connectivity index (χ0) is 32.2. The first-order valence-electron chi connectivity index (χ1n) is 16.1. The van der Waals surface area contributed by atoms with Crippen LogP contribution in [0.2, 0.25) is 0 Å². The van der Waals surface area contributed by atoms with Crippen LogP contribution in [0.4, 0.5) is 0 Å². The van der Waals surface area contributed by atoms with Gasteiger partial charge in [-0.15, -0.1) is 0 Å². The van der Waals surface area contributed by atoms with E-state index in [2.05, 4.69) is 146 Å². The summed E-state index contributed by atoms with van der Waals surface area (Å²) < 4.78 is 0. The van der Waals surface area contributed by atoms with Crippen molar-refractivity contribution in [3.05, 3.63) is 169 Å². The van der Waals surface area contributed by atoms with Gasteiger partial charge in [-0.05, 0) is 113 Å². The zero-order valence-electron chi connectivity index (χ0n) is 25.9. The maximum atomic E-state index is 9.60. The number of hydrogen-bond acceptors (Lipinski definition) is 2. The van der Waals surface area contributed by atoms with Gasteiger partial charge < -0.3 is 0 Å². The molecule has 2 nitrogen and oxygen atoms in total. The summed E-state index contributed by atoms with van der Waals surface area (Å²) in [6.45, 7) is 0. The fourth-order valence-corrected chi connectivity index (χ4v) is 7.65. The molecule has 0 spiro atoms. The Morgan fingerprint density at radius 2 is 0.792 bits per heavy atom. The third-order valence-electron chi connectivity index (χ3n) is 9.62. The normalized spacial score (nSPS) is 11.3. The number of hydrogen-bond donors (Lipinski definition) is 0. The van der Waals surface area contributed by atoms with E-state index < -0.39 is 0 Å². The Balaban J connectivity index is 1.34. The monoisotopic (exact) mass is 606 g/mol. The predicted molar refractivity (Wildman–Crippen MR) is 197 cm³/mol. The summed E-state index contributed by atoms with van der Waals surface area (Å²) in [6, 6.07) is 59.8. The Bertz CT molecular complexity index is 2550. The minimum absolute atomic E-state index is 0.480. The van der Waals surface area contributed by atoms with Crippen LogP contribution in [0.5, 0.6) is 0 Å². The Labute approximate surface area is 279 Å². The molecule has 8 aromatic carbocycles. The van der Waals surface area contributed by atoms with Crippen LogP contribution in [0.15, 0.2) is 158 Å². The van der Waals surface area contributed by atoms with Crippen molar-refractivity contribution in [1.29, 1.82) is 10.5 Å². The first kappa shape index (κ1) is 27.6. The molecule has 9 rings (SSSR count). The first-order valence-corrected chi connectivity index (χ1v) is 16.1. The average Bonchev–Trinajstić information content (AvgIpc) is 3.49. The summed E-state index contributed by atoms with van der Waals surface area (Å²) in [6.07, 6.45) is 0. The molecule has 0 N–H and O–H groups in total. The van der Waals surface area contributed by atoms with Crippen LogP contribution in [0, 0.1) is 22.7 Å². The molecule has 1 aliphatic carbocycles. The molecule has 0 radical (unpaired) electrons. The molecule has 1 aliphatic rings. The molecule has 0 saturated heterocycles. The number of benzene rings is 8. The van der Waals surface area contributed by atoms with Gasteiger partial charge in [-0.1, -0.05) is 133 Å². The molecule has 8 aromatic rings. The van der Waals surface area contributed by atoms with E-state index in [0.29, 0.717) is 11.1 Å². The molecule has 0 aliphatic heterocycles. The van der Waals surface area contributed by atoms with Gasteiger partial charge in [0.05, 0.1) is 23.3 Å². The molecule has 0 fully saturated rings. The molecule has 0 atom stereocenters. The number of nitrogens with zero attached hydrogens (tertiary/aromatic N) is 2. The van der Waals surface area contributed by atoms with E-state index in [1.54, 1.807) is 6.07 Å². The van der Waals surface area contributed by atoms with Crippen molar-refractivity contribution in [3.8, 4) is 78.9 Å². The summed E-state index contributed by atoms with van der Waals surface area (Å²) >= 11 is 0. The summed E-state index contributed by atoms with van der Waals surface area (Å²) in [4.78, 5) is 0. The Kier molecular flexibility index (Phi) is 6.29. The highest BCUT2D eigenvalue weighted by Gasteiger charge is 2.31. The van der Waals surface area contributed by atoms with Gasteiger partial charge in [0.1, 0.15) is 0 Å². The van der Waals surface area contributed by atoms with E-state index >= 15 is 0 Å². The molecule has 0 bridgehead atoms. The van der Waals surface area contributed by atoms with Gasteiger partial charge in [-0.2, -0.15) is 10.5 Å². The fraction of sp³-hybridized carbons (Fsp3) is 0. The lowest BCUT2D eigenvalue weighted by Gasteiger charge is -2.20. The molecular formula is C46H26N2. The molecule has 2 heteroatoms. The lowest BCUT2D eigenvalue weighted by Crippen LogP contribution is -1.93. The van der Waals surface area contributed by atoms with E-state index in [-0.39, 0.29) is 0 Å². The lowest BCUT2D eigenvalue weighted by atomic mass is 9.82. The van der Waals surface area contributed by atoms with Crippen LogP contribution < -0.4 is 0 Å². The number of nitriles is 2.